The lowest BCUT2D eigenvalue weighted by molar-refractivity contribution is -0.152. The number of nitrogens with one attached hydrogen (secondary N) is 1. The summed E-state index contributed by atoms with van der Waals surface area (Å²) in [6.07, 6.45) is 6.87. The summed E-state index contributed by atoms with van der Waals surface area (Å²) in [4.78, 5) is 16.3. The van der Waals surface area contributed by atoms with Crippen molar-refractivity contribution in [1.29, 1.82) is 0 Å². The lowest BCUT2D eigenvalue weighted by Crippen LogP contribution is -2.47. The Labute approximate surface area is 180 Å². The Balaban J connectivity index is 1.38. The molecule has 1 saturated carbocycles. The number of fused-ring (bicyclic) bond motifs is 1. The van der Waals surface area contributed by atoms with E-state index in [9.17, 15) is 8.78 Å². The average molecular weight is 435 g/mol. The van der Waals surface area contributed by atoms with E-state index in [-0.39, 0.29) is 18.3 Å². The molecule has 2 aromatic heterocycles. The summed E-state index contributed by atoms with van der Waals surface area (Å²) in [5.41, 5.74) is 1.44. The first-order chi connectivity index (χ1) is 14.3. The molecule has 0 atom stereocenters. The summed E-state index contributed by atoms with van der Waals surface area (Å²) < 4.78 is 29.4. The Morgan fingerprint density at radius 2 is 1.93 bits per heavy atom. The molecule has 5 rings (SSSR count). The second kappa shape index (κ2) is 7.44. The van der Waals surface area contributed by atoms with Crippen LogP contribution in [0.2, 0.25) is 0 Å². The number of aromatic nitrogens is 3. The second-order valence-electron chi connectivity index (χ2n) is 9.13. The van der Waals surface area contributed by atoms with Crippen LogP contribution in [0.5, 0.6) is 0 Å². The molecule has 2 aromatic rings. The monoisotopic (exact) mass is 434 g/mol. The third-order valence-electron chi connectivity index (χ3n) is 6.73. The van der Waals surface area contributed by atoms with E-state index in [0.29, 0.717) is 18.5 Å². The van der Waals surface area contributed by atoms with Crippen molar-refractivity contribution in [3.63, 3.8) is 0 Å². The van der Waals surface area contributed by atoms with E-state index in [0.717, 1.165) is 61.3 Å². The van der Waals surface area contributed by atoms with Gasteiger partial charge in [0.15, 0.2) is 5.82 Å². The van der Waals surface area contributed by atoms with Gasteiger partial charge in [-0.15, -0.1) is 0 Å². The maximum absolute atomic E-state index is 13.5. The molecule has 9 heteroatoms. The molecule has 0 aromatic carbocycles. The second-order valence-corrected chi connectivity index (χ2v) is 10.0. The molecule has 0 bridgehead atoms. The summed E-state index contributed by atoms with van der Waals surface area (Å²) in [5, 5.41) is 4.44. The molecule has 3 fully saturated rings. The maximum atomic E-state index is 13.5. The number of pyridine rings is 1. The molecule has 162 valence electrons. The molecule has 0 amide bonds. The van der Waals surface area contributed by atoms with Gasteiger partial charge in [0.05, 0.1) is 0 Å². The first-order valence-corrected chi connectivity index (χ1v) is 11.9. The van der Waals surface area contributed by atoms with Crippen LogP contribution in [-0.2, 0) is 0 Å². The fourth-order valence-electron chi connectivity index (χ4n) is 5.26. The largest absolute Gasteiger partial charge is 0.354 e. The molecular formula is C21H28F2N6S. The molecule has 3 aliphatic rings. The van der Waals surface area contributed by atoms with Crippen LogP contribution in [-0.4, -0.2) is 63.7 Å². The van der Waals surface area contributed by atoms with Crippen molar-refractivity contribution < 1.29 is 8.78 Å². The zero-order valence-corrected chi connectivity index (χ0v) is 18.3. The molecule has 30 heavy (non-hydrogen) atoms. The van der Waals surface area contributed by atoms with Gasteiger partial charge in [-0.25, -0.2) is 23.7 Å². The lowest BCUT2D eigenvalue weighted by atomic mass is 9.65. The third-order valence-corrected chi connectivity index (χ3v) is 7.61. The van der Waals surface area contributed by atoms with Crippen molar-refractivity contribution in [3.8, 4) is 0 Å². The molecule has 0 unspecified atom stereocenters. The summed E-state index contributed by atoms with van der Waals surface area (Å²) in [6, 6.07) is 2.35. The van der Waals surface area contributed by atoms with Crippen LogP contribution < -0.4 is 10.2 Å². The third kappa shape index (κ3) is 3.82. The normalized spacial score (nSPS) is 23.8. The Morgan fingerprint density at radius 1 is 1.17 bits per heavy atom. The number of hydrogen-bond acceptors (Lipinski definition) is 7. The highest BCUT2D eigenvalue weighted by Crippen LogP contribution is 2.57. The Kier molecular flexibility index (Phi) is 5.01. The molecule has 1 spiro atoms. The van der Waals surface area contributed by atoms with Gasteiger partial charge in [0.25, 0.3) is 0 Å². The van der Waals surface area contributed by atoms with Crippen LogP contribution in [0.3, 0.4) is 0 Å². The van der Waals surface area contributed by atoms with Gasteiger partial charge in [0.2, 0.25) is 11.9 Å². The number of piperidine rings is 1. The molecule has 6 nitrogen and oxygen atoms in total. The van der Waals surface area contributed by atoms with Crippen LogP contribution >= 0.6 is 11.9 Å². The van der Waals surface area contributed by atoms with Crippen LogP contribution in [0.4, 0.5) is 20.5 Å². The number of aryl methyl sites for hydroxylation is 1. The molecule has 0 radical (unpaired) electrons. The molecule has 2 aliphatic heterocycles. The van der Waals surface area contributed by atoms with Crippen molar-refractivity contribution in [3.05, 3.63) is 18.0 Å². The van der Waals surface area contributed by atoms with Gasteiger partial charge in [-0.3, -0.25) is 4.31 Å². The minimum Gasteiger partial charge on any atom is -0.354 e. The zero-order valence-electron chi connectivity index (χ0n) is 17.5. The molecule has 2 saturated heterocycles. The highest BCUT2D eigenvalue weighted by Gasteiger charge is 2.58. The minimum absolute atomic E-state index is 0.00319. The van der Waals surface area contributed by atoms with E-state index in [4.69, 9.17) is 9.97 Å². The van der Waals surface area contributed by atoms with Crippen molar-refractivity contribution in [2.75, 3.05) is 42.7 Å². The number of rotatable bonds is 4. The maximum Gasteiger partial charge on any atom is 0.249 e. The van der Waals surface area contributed by atoms with E-state index < -0.39 is 5.92 Å². The quantitative estimate of drug-likeness (QED) is 0.727. The van der Waals surface area contributed by atoms with Crippen molar-refractivity contribution >= 4 is 34.6 Å². The van der Waals surface area contributed by atoms with Gasteiger partial charge in [-0.2, -0.15) is 0 Å². The van der Waals surface area contributed by atoms with E-state index >= 15 is 0 Å². The van der Waals surface area contributed by atoms with E-state index in [1.54, 1.807) is 11.9 Å². The summed E-state index contributed by atoms with van der Waals surface area (Å²) >= 11 is 1.79. The number of nitrogens with zero attached hydrogens (tertiary/aromatic N) is 5. The van der Waals surface area contributed by atoms with Gasteiger partial charge in [-0.05, 0) is 38.5 Å². The molecular weight excluding hydrogens is 406 g/mol. The standard InChI is InChI=1S/C21H28F2N6S/c1-14-9-15-10-24-19(26-16-3-6-29(30-2)7-4-16)27-17(15)18(25-14)28-8-5-20(13-28)11-21(22,23)12-20/h9-10,16H,3-8,11-13H2,1-2H3,(H,24,26,27). The first-order valence-electron chi connectivity index (χ1n) is 10.7. The van der Waals surface area contributed by atoms with E-state index in [1.165, 1.54) is 0 Å². The highest BCUT2D eigenvalue weighted by atomic mass is 32.2. The van der Waals surface area contributed by atoms with Crippen molar-refractivity contribution in [2.24, 2.45) is 5.41 Å². The fourth-order valence-corrected chi connectivity index (χ4v) is 5.83. The van der Waals surface area contributed by atoms with Crippen LogP contribution in [0.1, 0.15) is 37.8 Å². The molecule has 1 aliphatic carbocycles. The topological polar surface area (TPSA) is 57.2 Å². The average Bonchev–Trinajstić information content (AvgIpc) is 3.11. The van der Waals surface area contributed by atoms with E-state index in [1.807, 2.05) is 19.2 Å². The Hall–Kier alpha value is -1.74. The summed E-state index contributed by atoms with van der Waals surface area (Å²) in [5.74, 6) is -1.07. The fraction of sp³-hybridized carbons (Fsp3) is 0.667. The minimum atomic E-state index is -2.50. The van der Waals surface area contributed by atoms with Crippen molar-refractivity contribution in [1.82, 2.24) is 19.3 Å². The molecule has 4 heterocycles. The first kappa shape index (κ1) is 20.2. The van der Waals surface area contributed by atoms with Gasteiger partial charge >= 0.3 is 0 Å². The number of halogens is 2. The van der Waals surface area contributed by atoms with Gasteiger partial charge in [0, 0.05) is 67.8 Å². The number of alkyl halides is 2. The lowest BCUT2D eigenvalue weighted by Gasteiger charge is -2.44. The number of anilines is 2. The van der Waals surface area contributed by atoms with Gasteiger partial charge < -0.3 is 10.2 Å². The Bertz CT molecular complexity index is 938. The molecule has 1 N–H and O–H groups in total. The SMILES string of the molecule is CSN1CCC(Nc2ncc3cc(C)nc(N4CCC5(C4)CC(F)(F)C5)c3n2)CC1. The van der Waals surface area contributed by atoms with Crippen LogP contribution in [0.25, 0.3) is 10.9 Å². The smallest absolute Gasteiger partial charge is 0.249 e. The van der Waals surface area contributed by atoms with Gasteiger partial charge in [0.1, 0.15) is 5.52 Å². The summed E-state index contributed by atoms with van der Waals surface area (Å²) in [7, 11) is 0. The highest BCUT2D eigenvalue weighted by molar-refractivity contribution is 7.96. The predicted octanol–water partition coefficient (Wildman–Crippen LogP) is 4.11. The predicted molar refractivity (Wildman–Crippen MR) is 117 cm³/mol. The summed E-state index contributed by atoms with van der Waals surface area (Å²) in [6.45, 7) is 5.45. The zero-order chi connectivity index (χ0) is 20.9. The van der Waals surface area contributed by atoms with Crippen LogP contribution in [0, 0.1) is 12.3 Å². The van der Waals surface area contributed by atoms with Crippen molar-refractivity contribution in [2.45, 2.75) is 51.0 Å². The Morgan fingerprint density at radius 3 is 2.63 bits per heavy atom. The van der Waals surface area contributed by atoms with Crippen LogP contribution in [0.15, 0.2) is 12.3 Å². The number of hydrogen-bond donors (Lipinski definition) is 1. The van der Waals surface area contributed by atoms with E-state index in [2.05, 4.69) is 25.8 Å². The van der Waals surface area contributed by atoms with Gasteiger partial charge in [-0.1, -0.05) is 11.9 Å².